The molecule has 0 aliphatic carbocycles. The molecule has 1 aromatic carbocycles. The van der Waals surface area contributed by atoms with Crippen molar-refractivity contribution in [1.82, 2.24) is 9.55 Å². The molecule has 0 unspecified atom stereocenters. The van der Waals surface area contributed by atoms with Crippen LogP contribution < -0.4 is 0 Å². The van der Waals surface area contributed by atoms with Gasteiger partial charge < -0.3 is 9.67 Å². The van der Waals surface area contributed by atoms with Gasteiger partial charge in [-0.25, -0.2) is 9.78 Å². The standard InChI is InChI=1S/C12H9F3N2O2/c1-7-5-17(6-16-7)10-3-2-8(11(18)19)4-9(10)12(13,14)15/h2-6H,1H3,(H,18,19). The molecule has 0 saturated carbocycles. The molecule has 0 atom stereocenters. The van der Waals surface area contributed by atoms with E-state index in [1.165, 1.54) is 17.1 Å². The van der Waals surface area contributed by atoms with Crippen molar-refractivity contribution in [3.8, 4) is 5.69 Å². The van der Waals surface area contributed by atoms with Crippen LogP contribution in [0.2, 0.25) is 0 Å². The lowest BCUT2D eigenvalue weighted by atomic mass is 10.1. The number of hydrogen-bond donors (Lipinski definition) is 1. The number of carboxylic acid groups (broad SMARTS) is 1. The van der Waals surface area contributed by atoms with Crippen LogP contribution in [0.3, 0.4) is 0 Å². The summed E-state index contributed by atoms with van der Waals surface area (Å²) >= 11 is 0. The highest BCUT2D eigenvalue weighted by Gasteiger charge is 2.34. The van der Waals surface area contributed by atoms with E-state index in [4.69, 9.17) is 5.11 Å². The number of aromatic carboxylic acids is 1. The lowest BCUT2D eigenvalue weighted by molar-refractivity contribution is -0.137. The zero-order valence-electron chi connectivity index (χ0n) is 9.77. The maximum Gasteiger partial charge on any atom is 0.418 e. The van der Waals surface area contributed by atoms with E-state index in [2.05, 4.69) is 4.98 Å². The van der Waals surface area contributed by atoms with Gasteiger partial charge in [0.2, 0.25) is 0 Å². The van der Waals surface area contributed by atoms with Crippen molar-refractivity contribution in [2.45, 2.75) is 13.1 Å². The Morgan fingerprint density at radius 2 is 2.05 bits per heavy atom. The van der Waals surface area contributed by atoms with E-state index < -0.39 is 23.3 Å². The van der Waals surface area contributed by atoms with Crippen molar-refractivity contribution < 1.29 is 23.1 Å². The zero-order valence-corrected chi connectivity index (χ0v) is 9.77. The number of aryl methyl sites for hydroxylation is 1. The van der Waals surface area contributed by atoms with E-state index in [1.54, 1.807) is 6.92 Å². The van der Waals surface area contributed by atoms with Crippen molar-refractivity contribution >= 4 is 5.97 Å². The number of carboxylic acids is 1. The fraction of sp³-hybridized carbons (Fsp3) is 0.167. The zero-order chi connectivity index (χ0) is 14.2. The van der Waals surface area contributed by atoms with Gasteiger partial charge in [0, 0.05) is 6.20 Å². The molecular formula is C12H9F3N2O2. The molecule has 19 heavy (non-hydrogen) atoms. The second-order valence-corrected chi connectivity index (χ2v) is 3.96. The van der Waals surface area contributed by atoms with Crippen LogP contribution in [0, 0.1) is 6.92 Å². The average Bonchev–Trinajstić information content (AvgIpc) is 2.73. The number of halogens is 3. The van der Waals surface area contributed by atoms with Crippen LogP contribution in [0.15, 0.2) is 30.7 Å². The summed E-state index contributed by atoms with van der Waals surface area (Å²) in [5, 5.41) is 8.75. The molecule has 0 spiro atoms. The lowest BCUT2D eigenvalue weighted by Gasteiger charge is -2.14. The minimum Gasteiger partial charge on any atom is -0.478 e. The Bertz CT molecular complexity index is 632. The number of rotatable bonds is 2. The van der Waals surface area contributed by atoms with E-state index in [-0.39, 0.29) is 5.69 Å². The first-order valence-corrected chi connectivity index (χ1v) is 5.24. The van der Waals surface area contributed by atoms with Crippen molar-refractivity contribution in [2.75, 3.05) is 0 Å². The minimum atomic E-state index is -4.64. The summed E-state index contributed by atoms with van der Waals surface area (Å²) in [5.41, 5.74) is -1.01. The number of alkyl halides is 3. The quantitative estimate of drug-likeness (QED) is 0.912. The Kier molecular flexibility index (Phi) is 3.05. The molecule has 0 aliphatic heterocycles. The van der Waals surface area contributed by atoms with E-state index in [1.807, 2.05) is 0 Å². The molecular weight excluding hydrogens is 261 g/mol. The Hall–Kier alpha value is -2.31. The third-order valence-corrected chi connectivity index (χ3v) is 2.54. The lowest BCUT2D eigenvalue weighted by Crippen LogP contribution is -2.12. The topological polar surface area (TPSA) is 55.1 Å². The molecule has 0 radical (unpaired) electrons. The smallest absolute Gasteiger partial charge is 0.418 e. The maximum atomic E-state index is 13.0. The summed E-state index contributed by atoms with van der Waals surface area (Å²) in [6.45, 7) is 1.65. The fourth-order valence-corrected chi connectivity index (χ4v) is 1.67. The molecule has 0 aliphatic rings. The molecule has 100 valence electrons. The first kappa shape index (κ1) is 13.1. The summed E-state index contributed by atoms with van der Waals surface area (Å²) in [7, 11) is 0. The first-order valence-electron chi connectivity index (χ1n) is 5.24. The molecule has 0 fully saturated rings. The highest BCUT2D eigenvalue weighted by atomic mass is 19.4. The van der Waals surface area contributed by atoms with Crippen molar-refractivity contribution in [3.63, 3.8) is 0 Å². The Labute approximate surface area is 106 Å². The van der Waals surface area contributed by atoms with Crippen LogP contribution in [0.1, 0.15) is 21.6 Å². The number of hydrogen-bond acceptors (Lipinski definition) is 2. The van der Waals surface area contributed by atoms with Gasteiger partial charge in [0.1, 0.15) is 0 Å². The van der Waals surface area contributed by atoms with Crippen molar-refractivity contribution in [2.24, 2.45) is 0 Å². The highest BCUT2D eigenvalue weighted by Crippen LogP contribution is 2.34. The molecule has 0 saturated heterocycles. The van der Waals surface area contributed by atoms with Crippen molar-refractivity contribution in [1.29, 1.82) is 0 Å². The van der Waals surface area contributed by atoms with E-state index in [9.17, 15) is 18.0 Å². The third-order valence-electron chi connectivity index (χ3n) is 2.54. The summed E-state index contributed by atoms with van der Waals surface area (Å²) < 4.78 is 40.1. The molecule has 1 aromatic heterocycles. The van der Waals surface area contributed by atoms with Gasteiger partial charge in [-0.15, -0.1) is 0 Å². The Morgan fingerprint density at radius 3 is 2.53 bits per heavy atom. The van der Waals surface area contributed by atoms with Gasteiger partial charge in [-0.05, 0) is 25.1 Å². The van der Waals surface area contributed by atoms with Crippen LogP contribution in [0.4, 0.5) is 13.2 Å². The normalized spacial score (nSPS) is 11.6. The molecule has 7 heteroatoms. The summed E-state index contributed by atoms with van der Waals surface area (Å²) in [6.07, 6.45) is -1.95. The highest BCUT2D eigenvalue weighted by molar-refractivity contribution is 5.88. The molecule has 1 heterocycles. The summed E-state index contributed by atoms with van der Waals surface area (Å²) in [5.74, 6) is -1.40. The fourth-order valence-electron chi connectivity index (χ4n) is 1.67. The molecule has 2 rings (SSSR count). The second kappa shape index (κ2) is 4.42. The van der Waals surface area contributed by atoms with Crippen LogP contribution in [-0.4, -0.2) is 20.6 Å². The number of imidazole rings is 1. The number of benzene rings is 1. The van der Waals surface area contributed by atoms with Gasteiger partial charge in [-0.3, -0.25) is 0 Å². The van der Waals surface area contributed by atoms with Gasteiger partial charge in [0.25, 0.3) is 0 Å². The van der Waals surface area contributed by atoms with Crippen LogP contribution in [0.25, 0.3) is 5.69 Å². The molecule has 2 aromatic rings. The minimum absolute atomic E-state index is 0.155. The van der Waals surface area contributed by atoms with Crippen molar-refractivity contribution in [3.05, 3.63) is 47.5 Å². The van der Waals surface area contributed by atoms with Gasteiger partial charge in [0.15, 0.2) is 0 Å². The number of nitrogens with zero attached hydrogens (tertiary/aromatic N) is 2. The van der Waals surface area contributed by atoms with Crippen LogP contribution in [0.5, 0.6) is 0 Å². The average molecular weight is 270 g/mol. The Morgan fingerprint density at radius 1 is 1.37 bits per heavy atom. The molecule has 1 N–H and O–H groups in total. The maximum absolute atomic E-state index is 13.0. The van der Waals surface area contributed by atoms with E-state index >= 15 is 0 Å². The first-order chi connectivity index (χ1) is 8.79. The largest absolute Gasteiger partial charge is 0.478 e. The summed E-state index contributed by atoms with van der Waals surface area (Å²) in [6, 6.07) is 2.86. The van der Waals surface area contributed by atoms with E-state index in [0.717, 1.165) is 12.1 Å². The number of aromatic nitrogens is 2. The molecule has 4 nitrogen and oxygen atoms in total. The summed E-state index contributed by atoms with van der Waals surface area (Å²) in [4.78, 5) is 14.6. The molecule has 0 bridgehead atoms. The van der Waals surface area contributed by atoms with Gasteiger partial charge in [-0.1, -0.05) is 0 Å². The second-order valence-electron chi connectivity index (χ2n) is 3.96. The monoisotopic (exact) mass is 270 g/mol. The number of carbonyl (C=O) groups is 1. The predicted octanol–water partition coefficient (Wildman–Crippen LogP) is 2.90. The van der Waals surface area contributed by atoms with Crippen LogP contribution >= 0.6 is 0 Å². The molecule has 0 amide bonds. The van der Waals surface area contributed by atoms with Gasteiger partial charge in [-0.2, -0.15) is 13.2 Å². The third kappa shape index (κ3) is 2.59. The Balaban J connectivity index is 2.64. The predicted molar refractivity (Wildman–Crippen MR) is 60.3 cm³/mol. The van der Waals surface area contributed by atoms with E-state index in [0.29, 0.717) is 11.8 Å². The SMILES string of the molecule is Cc1cn(-c2ccc(C(=O)O)cc2C(F)(F)F)cn1. The van der Waals surface area contributed by atoms with Gasteiger partial charge in [0.05, 0.1) is 28.8 Å². The van der Waals surface area contributed by atoms with Gasteiger partial charge >= 0.3 is 12.1 Å². The van der Waals surface area contributed by atoms with Crippen LogP contribution in [-0.2, 0) is 6.18 Å².